The molecule has 62 heavy (non-hydrogen) atoms. The summed E-state index contributed by atoms with van der Waals surface area (Å²) in [6.07, 6.45) is -4.51. The van der Waals surface area contributed by atoms with Crippen LogP contribution in [0.15, 0.2) is 194 Å². The highest BCUT2D eigenvalue weighted by Crippen LogP contribution is 2.45. The summed E-state index contributed by atoms with van der Waals surface area (Å²) in [4.78, 5) is 10.4. The topological polar surface area (TPSA) is 54.5 Å². The number of benzene rings is 8. The standard InChI is InChI=1S/C55H35F3N4/c1-35-20-22-36(23-21-35)46-31-42(54-60-49(38-12-4-2-5-13-38)33-50(61-54)39-14-6-3-7-15-39)32-47(37-24-27-43(28-25-37)55(56,57)58)53(46)62-51-19-11-10-18-45(51)48-30-40(26-29-52(48)62)44-17-9-8-16-41(44)34-59/h2-33H,1H3. The van der Waals surface area contributed by atoms with E-state index in [9.17, 15) is 18.4 Å². The fraction of sp³-hybridized carbons (Fsp3) is 0.0364. The van der Waals surface area contributed by atoms with Gasteiger partial charge in [0.15, 0.2) is 5.82 Å². The van der Waals surface area contributed by atoms with Gasteiger partial charge >= 0.3 is 6.18 Å². The summed E-state index contributed by atoms with van der Waals surface area (Å²) in [7, 11) is 0. The van der Waals surface area contributed by atoms with Crippen molar-refractivity contribution in [2.75, 3.05) is 0 Å². The van der Waals surface area contributed by atoms with E-state index in [1.807, 2.05) is 122 Å². The summed E-state index contributed by atoms with van der Waals surface area (Å²) in [6.45, 7) is 2.04. The highest BCUT2D eigenvalue weighted by Gasteiger charge is 2.30. The first kappa shape index (κ1) is 38.1. The van der Waals surface area contributed by atoms with Crippen LogP contribution in [-0.2, 0) is 6.18 Å². The molecule has 0 saturated carbocycles. The van der Waals surface area contributed by atoms with Crippen molar-refractivity contribution in [2.45, 2.75) is 13.1 Å². The summed E-state index contributed by atoms with van der Waals surface area (Å²) in [5, 5.41) is 12.0. The molecule has 8 aromatic carbocycles. The maximum Gasteiger partial charge on any atom is 0.416 e. The number of rotatable bonds is 7. The molecule has 296 valence electrons. The fourth-order valence-corrected chi connectivity index (χ4v) is 8.32. The highest BCUT2D eigenvalue weighted by atomic mass is 19.4. The van der Waals surface area contributed by atoms with Gasteiger partial charge in [0.05, 0.1) is 45.3 Å². The minimum atomic E-state index is -4.51. The number of nitriles is 1. The van der Waals surface area contributed by atoms with Crippen LogP contribution >= 0.6 is 0 Å². The normalized spacial score (nSPS) is 11.5. The van der Waals surface area contributed by atoms with E-state index < -0.39 is 11.7 Å². The molecule has 0 bridgehead atoms. The van der Waals surface area contributed by atoms with Crippen molar-refractivity contribution in [3.8, 4) is 79.0 Å². The number of aryl methyl sites for hydroxylation is 1. The molecule has 0 radical (unpaired) electrons. The third kappa shape index (κ3) is 6.98. The van der Waals surface area contributed by atoms with E-state index in [4.69, 9.17) is 9.97 Å². The number of fused-ring (bicyclic) bond motifs is 3. The number of hydrogen-bond donors (Lipinski definition) is 0. The lowest BCUT2D eigenvalue weighted by atomic mass is 9.91. The molecular weight excluding hydrogens is 774 g/mol. The lowest BCUT2D eigenvalue weighted by Gasteiger charge is -2.21. The predicted octanol–water partition coefficient (Wildman–Crippen LogP) is 14.8. The van der Waals surface area contributed by atoms with Gasteiger partial charge in [-0.15, -0.1) is 0 Å². The van der Waals surface area contributed by atoms with Crippen LogP contribution in [0.5, 0.6) is 0 Å². The van der Waals surface area contributed by atoms with Crippen LogP contribution in [-0.4, -0.2) is 14.5 Å². The Balaban J connectivity index is 1.31. The van der Waals surface area contributed by atoms with Gasteiger partial charge in [-0.05, 0) is 83.8 Å². The minimum Gasteiger partial charge on any atom is -0.308 e. The van der Waals surface area contributed by atoms with Crippen molar-refractivity contribution in [1.82, 2.24) is 14.5 Å². The Bertz CT molecular complexity index is 3270. The summed E-state index contributed by atoms with van der Waals surface area (Å²) >= 11 is 0. The van der Waals surface area contributed by atoms with E-state index in [2.05, 4.69) is 65.2 Å². The molecule has 0 N–H and O–H groups in total. The maximum atomic E-state index is 14.1. The predicted molar refractivity (Wildman–Crippen MR) is 243 cm³/mol. The zero-order chi connectivity index (χ0) is 42.4. The van der Waals surface area contributed by atoms with Crippen LogP contribution in [0.1, 0.15) is 16.7 Å². The molecule has 10 aromatic rings. The summed E-state index contributed by atoms with van der Waals surface area (Å²) in [6, 6.07) is 63.9. The molecule has 0 saturated heterocycles. The van der Waals surface area contributed by atoms with Crippen molar-refractivity contribution >= 4 is 21.8 Å². The van der Waals surface area contributed by atoms with E-state index in [1.54, 1.807) is 12.1 Å². The Morgan fingerprint density at radius 1 is 0.468 bits per heavy atom. The number of halogens is 3. The third-order valence-corrected chi connectivity index (χ3v) is 11.4. The second-order valence-corrected chi connectivity index (χ2v) is 15.3. The Hall–Kier alpha value is -8.08. The molecule has 10 rings (SSSR count). The Morgan fingerprint density at radius 2 is 1.00 bits per heavy atom. The highest BCUT2D eigenvalue weighted by molar-refractivity contribution is 6.12. The quantitative estimate of drug-likeness (QED) is 0.161. The molecule has 0 amide bonds. The van der Waals surface area contributed by atoms with Gasteiger partial charge in [0.1, 0.15) is 0 Å². The molecule has 7 heteroatoms. The zero-order valence-corrected chi connectivity index (χ0v) is 33.4. The average molecular weight is 809 g/mol. The molecular formula is C55H35F3N4. The van der Waals surface area contributed by atoms with E-state index in [1.165, 1.54) is 0 Å². The molecule has 0 aliphatic heterocycles. The summed E-state index contributed by atoms with van der Waals surface area (Å²) in [5.74, 6) is 0.473. The van der Waals surface area contributed by atoms with Crippen molar-refractivity contribution in [1.29, 1.82) is 5.26 Å². The van der Waals surface area contributed by atoms with Gasteiger partial charge in [-0.3, -0.25) is 0 Å². The largest absolute Gasteiger partial charge is 0.416 e. The average Bonchev–Trinajstić information content (AvgIpc) is 3.64. The fourth-order valence-electron chi connectivity index (χ4n) is 8.32. The van der Waals surface area contributed by atoms with Gasteiger partial charge in [-0.1, -0.05) is 145 Å². The van der Waals surface area contributed by atoms with Crippen molar-refractivity contribution < 1.29 is 13.2 Å². The Morgan fingerprint density at radius 3 is 1.61 bits per heavy atom. The molecule has 4 nitrogen and oxygen atoms in total. The van der Waals surface area contributed by atoms with Crippen LogP contribution < -0.4 is 0 Å². The second kappa shape index (κ2) is 15.5. The van der Waals surface area contributed by atoms with E-state index in [0.29, 0.717) is 28.1 Å². The number of nitrogens with zero attached hydrogens (tertiary/aromatic N) is 4. The molecule has 0 atom stereocenters. The minimum absolute atomic E-state index is 0.473. The van der Waals surface area contributed by atoms with Crippen molar-refractivity contribution in [3.63, 3.8) is 0 Å². The third-order valence-electron chi connectivity index (χ3n) is 11.4. The van der Waals surface area contributed by atoms with Gasteiger partial charge in [0.25, 0.3) is 0 Å². The first-order valence-corrected chi connectivity index (χ1v) is 20.2. The molecule has 0 aliphatic rings. The van der Waals surface area contributed by atoms with Gasteiger partial charge in [0, 0.05) is 38.6 Å². The SMILES string of the molecule is Cc1ccc(-c2cc(-c3nc(-c4ccccc4)cc(-c4ccccc4)n3)cc(-c3ccc(C(F)(F)F)cc3)c2-n2c3ccccc3c3cc(-c4ccccc4C#N)ccc32)cc1. The Labute approximate surface area is 356 Å². The van der Waals surface area contributed by atoms with Crippen LogP contribution in [0.4, 0.5) is 13.2 Å². The van der Waals surface area contributed by atoms with Crippen LogP contribution in [0.2, 0.25) is 0 Å². The monoisotopic (exact) mass is 808 g/mol. The molecule has 0 unspecified atom stereocenters. The number of hydrogen-bond acceptors (Lipinski definition) is 3. The zero-order valence-electron chi connectivity index (χ0n) is 33.4. The Kier molecular flexibility index (Phi) is 9.54. The van der Waals surface area contributed by atoms with Crippen LogP contribution in [0.25, 0.3) is 94.8 Å². The van der Waals surface area contributed by atoms with E-state index >= 15 is 0 Å². The molecule has 0 fully saturated rings. The lowest BCUT2D eigenvalue weighted by molar-refractivity contribution is -0.137. The van der Waals surface area contributed by atoms with E-state index in [0.717, 1.165) is 90.0 Å². The molecule has 0 spiro atoms. The van der Waals surface area contributed by atoms with Gasteiger partial charge in [-0.25, -0.2) is 9.97 Å². The first-order valence-electron chi connectivity index (χ1n) is 20.2. The van der Waals surface area contributed by atoms with Gasteiger partial charge < -0.3 is 4.57 Å². The molecule has 2 aromatic heterocycles. The number of alkyl halides is 3. The van der Waals surface area contributed by atoms with E-state index in [-0.39, 0.29) is 0 Å². The summed E-state index contributed by atoms with van der Waals surface area (Å²) in [5.41, 5.74) is 12.3. The number of para-hydroxylation sites is 1. The maximum absolute atomic E-state index is 14.1. The van der Waals surface area contributed by atoms with Gasteiger partial charge in [0.2, 0.25) is 0 Å². The van der Waals surface area contributed by atoms with Gasteiger partial charge in [-0.2, -0.15) is 18.4 Å². The molecule has 0 aliphatic carbocycles. The molecule has 2 heterocycles. The van der Waals surface area contributed by atoms with Crippen molar-refractivity contribution in [2.24, 2.45) is 0 Å². The van der Waals surface area contributed by atoms with Crippen molar-refractivity contribution in [3.05, 3.63) is 211 Å². The summed E-state index contributed by atoms with van der Waals surface area (Å²) < 4.78 is 44.5. The smallest absolute Gasteiger partial charge is 0.308 e. The first-order chi connectivity index (χ1) is 30.2. The number of aromatic nitrogens is 3. The van der Waals surface area contributed by atoms with Crippen LogP contribution in [0, 0.1) is 18.3 Å². The van der Waals surface area contributed by atoms with Crippen LogP contribution in [0.3, 0.4) is 0 Å². The second-order valence-electron chi connectivity index (χ2n) is 15.3. The lowest BCUT2D eigenvalue weighted by Crippen LogP contribution is -2.05.